The summed E-state index contributed by atoms with van der Waals surface area (Å²) in [6.07, 6.45) is -3.10. The summed E-state index contributed by atoms with van der Waals surface area (Å²) in [6, 6.07) is 0.582. The molecular weight excluding hydrogens is 183 g/mol. The second kappa shape index (κ2) is 3.24. The van der Waals surface area contributed by atoms with Crippen LogP contribution in [0.3, 0.4) is 0 Å². The van der Waals surface area contributed by atoms with Gasteiger partial charge in [-0.2, -0.15) is 13.2 Å². The van der Waals surface area contributed by atoms with Crippen LogP contribution in [0.2, 0.25) is 0 Å². The van der Waals surface area contributed by atoms with Gasteiger partial charge in [-0.15, -0.1) is 0 Å². The lowest BCUT2D eigenvalue weighted by molar-refractivity contribution is -0.138. The van der Waals surface area contributed by atoms with Crippen molar-refractivity contribution in [1.82, 2.24) is 4.98 Å². The van der Waals surface area contributed by atoms with Crippen LogP contribution in [0.15, 0.2) is 17.1 Å². The van der Waals surface area contributed by atoms with Gasteiger partial charge < -0.3 is 4.98 Å². The van der Waals surface area contributed by atoms with Crippen molar-refractivity contribution < 1.29 is 13.2 Å². The first kappa shape index (κ1) is 9.83. The third-order valence-electron chi connectivity index (χ3n) is 1.70. The van der Waals surface area contributed by atoms with Crippen LogP contribution in [0, 0.1) is 0 Å². The van der Waals surface area contributed by atoms with Gasteiger partial charge in [0.15, 0.2) is 0 Å². The molecule has 1 rings (SSSR count). The summed E-state index contributed by atoms with van der Waals surface area (Å²) < 4.78 is 36.8. The van der Waals surface area contributed by atoms with Crippen molar-refractivity contribution in [2.75, 3.05) is 0 Å². The van der Waals surface area contributed by atoms with E-state index in [1.807, 2.05) is 0 Å². The molecule has 0 bridgehead atoms. The molecule has 0 radical (unpaired) electrons. The number of pyridine rings is 1. The zero-order valence-electron chi connectivity index (χ0n) is 6.90. The summed E-state index contributed by atoms with van der Waals surface area (Å²) in [7, 11) is 0. The first-order valence-corrected chi connectivity index (χ1v) is 3.74. The van der Waals surface area contributed by atoms with Crippen LogP contribution in [0.25, 0.3) is 0 Å². The Labute approximate surface area is 72.4 Å². The molecule has 0 aromatic carbocycles. The molecular formula is C8H8F3NO. The predicted octanol–water partition coefficient (Wildman–Crippen LogP) is 1.96. The second-order valence-electron chi connectivity index (χ2n) is 2.59. The van der Waals surface area contributed by atoms with Crippen LogP contribution in [-0.4, -0.2) is 4.98 Å². The van der Waals surface area contributed by atoms with Crippen molar-refractivity contribution in [2.45, 2.75) is 19.5 Å². The number of aromatic nitrogens is 1. The summed E-state index contributed by atoms with van der Waals surface area (Å²) in [5, 5.41) is 0. The van der Waals surface area contributed by atoms with Gasteiger partial charge in [0.2, 0.25) is 5.56 Å². The Hall–Kier alpha value is -1.26. The molecule has 1 N–H and O–H groups in total. The number of halogens is 3. The van der Waals surface area contributed by atoms with Crippen molar-refractivity contribution in [3.63, 3.8) is 0 Å². The Morgan fingerprint density at radius 1 is 1.46 bits per heavy atom. The number of aromatic amines is 1. The lowest BCUT2D eigenvalue weighted by Crippen LogP contribution is -2.15. The van der Waals surface area contributed by atoms with E-state index in [1.165, 1.54) is 0 Å². The summed E-state index contributed by atoms with van der Waals surface area (Å²) in [5.74, 6) is 0. The van der Waals surface area contributed by atoms with Gasteiger partial charge in [-0.25, -0.2) is 0 Å². The monoisotopic (exact) mass is 191 g/mol. The minimum atomic E-state index is -4.44. The standard InChI is InChI=1S/C8H8F3NO/c1-2-5-4-12-7(13)3-6(5)8(9,10)11/h3-4H,2H2,1H3,(H,12,13). The number of hydrogen-bond donors (Lipinski definition) is 1. The van der Waals surface area contributed by atoms with Crippen molar-refractivity contribution in [1.29, 1.82) is 0 Å². The first-order valence-electron chi connectivity index (χ1n) is 3.74. The zero-order valence-corrected chi connectivity index (χ0v) is 6.90. The average molecular weight is 191 g/mol. The Morgan fingerprint density at radius 3 is 2.54 bits per heavy atom. The minimum Gasteiger partial charge on any atom is -0.329 e. The van der Waals surface area contributed by atoms with Crippen molar-refractivity contribution >= 4 is 0 Å². The van der Waals surface area contributed by atoms with E-state index in [9.17, 15) is 18.0 Å². The fourth-order valence-corrected chi connectivity index (χ4v) is 1.06. The number of rotatable bonds is 1. The molecule has 0 spiro atoms. The lowest BCUT2D eigenvalue weighted by atomic mass is 10.1. The molecule has 0 saturated carbocycles. The van der Waals surface area contributed by atoms with Crippen LogP contribution >= 0.6 is 0 Å². The number of H-pyrrole nitrogens is 1. The van der Waals surface area contributed by atoms with Crippen LogP contribution in [-0.2, 0) is 12.6 Å². The number of nitrogens with one attached hydrogen (secondary N) is 1. The molecule has 0 unspecified atom stereocenters. The first-order chi connectivity index (χ1) is 5.95. The van der Waals surface area contributed by atoms with Gasteiger partial charge in [-0.3, -0.25) is 4.79 Å². The molecule has 1 aromatic heterocycles. The van der Waals surface area contributed by atoms with E-state index < -0.39 is 17.3 Å². The van der Waals surface area contributed by atoms with Crippen LogP contribution < -0.4 is 5.56 Å². The molecule has 0 aliphatic rings. The quantitative estimate of drug-likeness (QED) is 0.723. The average Bonchev–Trinajstić information content (AvgIpc) is 2.03. The van der Waals surface area contributed by atoms with E-state index in [-0.39, 0.29) is 12.0 Å². The van der Waals surface area contributed by atoms with Gasteiger partial charge in [-0.1, -0.05) is 6.92 Å². The van der Waals surface area contributed by atoms with Crippen LogP contribution in [0.5, 0.6) is 0 Å². The fraction of sp³-hybridized carbons (Fsp3) is 0.375. The summed E-state index contributed by atoms with van der Waals surface area (Å²) in [6.45, 7) is 1.60. The van der Waals surface area contributed by atoms with E-state index in [0.29, 0.717) is 6.07 Å². The molecule has 2 nitrogen and oxygen atoms in total. The molecule has 1 aromatic rings. The SMILES string of the molecule is CCc1c[nH]c(=O)cc1C(F)(F)F. The Morgan fingerprint density at radius 2 is 2.08 bits per heavy atom. The van der Waals surface area contributed by atoms with Gasteiger partial charge in [0.25, 0.3) is 0 Å². The summed E-state index contributed by atoms with van der Waals surface area (Å²) in [5.41, 5.74) is -1.48. The number of hydrogen-bond acceptors (Lipinski definition) is 1. The van der Waals surface area contributed by atoms with Crippen LogP contribution in [0.1, 0.15) is 18.1 Å². The molecule has 0 amide bonds. The molecule has 0 fully saturated rings. The van der Waals surface area contributed by atoms with E-state index >= 15 is 0 Å². The largest absolute Gasteiger partial charge is 0.416 e. The number of alkyl halides is 3. The smallest absolute Gasteiger partial charge is 0.329 e. The second-order valence-corrected chi connectivity index (χ2v) is 2.59. The molecule has 5 heteroatoms. The molecule has 0 aliphatic carbocycles. The highest BCUT2D eigenvalue weighted by molar-refractivity contribution is 5.25. The maximum Gasteiger partial charge on any atom is 0.416 e. The maximum absolute atomic E-state index is 12.3. The molecule has 0 aliphatic heterocycles. The van der Waals surface area contributed by atoms with Crippen molar-refractivity contribution in [3.8, 4) is 0 Å². The Kier molecular flexibility index (Phi) is 2.45. The van der Waals surface area contributed by atoms with E-state index in [0.717, 1.165) is 6.20 Å². The zero-order chi connectivity index (χ0) is 10.1. The Balaban J connectivity index is 3.32. The molecule has 0 saturated heterocycles. The van der Waals surface area contributed by atoms with E-state index in [4.69, 9.17) is 0 Å². The van der Waals surface area contributed by atoms with Gasteiger partial charge in [0.05, 0.1) is 5.56 Å². The molecule has 13 heavy (non-hydrogen) atoms. The van der Waals surface area contributed by atoms with E-state index in [2.05, 4.69) is 4.98 Å². The maximum atomic E-state index is 12.3. The summed E-state index contributed by atoms with van der Waals surface area (Å²) in [4.78, 5) is 12.9. The molecule has 1 heterocycles. The highest BCUT2D eigenvalue weighted by atomic mass is 19.4. The van der Waals surface area contributed by atoms with Gasteiger partial charge in [0.1, 0.15) is 0 Å². The van der Waals surface area contributed by atoms with E-state index in [1.54, 1.807) is 6.92 Å². The molecule has 72 valence electrons. The van der Waals surface area contributed by atoms with Crippen LogP contribution in [0.4, 0.5) is 13.2 Å². The van der Waals surface area contributed by atoms with Crippen molar-refractivity contribution in [3.05, 3.63) is 33.7 Å². The number of aryl methyl sites for hydroxylation is 1. The van der Waals surface area contributed by atoms with Gasteiger partial charge in [-0.05, 0) is 12.0 Å². The highest BCUT2D eigenvalue weighted by Crippen LogP contribution is 2.30. The highest BCUT2D eigenvalue weighted by Gasteiger charge is 2.33. The lowest BCUT2D eigenvalue weighted by Gasteiger charge is -2.09. The third kappa shape index (κ3) is 2.11. The fourth-order valence-electron chi connectivity index (χ4n) is 1.06. The predicted molar refractivity (Wildman–Crippen MR) is 41.4 cm³/mol. The minimum absolute atomic E-state index is 0.104. The van der Waals surface area contributed by atoms with Gasteiger partial charge >= 0.3 is 6.18 Å². The molecule has 0 atom stereocenters. The Bertz CT molecular complexity index is 353. The normalized spacial score (nSPS) is 11.7. The third-order valence-corrected chi connectivity index (χ3v) is 1.70. The van der Waals surface area contributed by atoms with Crippen molar-refractivity contribution in [2.24, 2.45) is 0 Å². The topological polar surface area (TPSA) is 32.9 Å². The summed E-state index contributed by atoms with van der Waals surface area (Å²) >= 11 is 0. The van der Waals surface area contributed by atoms with Gasteiger partial charge in [0, 0.05) is 12.3 Å².